The van der Waals surface area contributed by atoms with Crippen LogP contribution < -0.4 is 9.62 Å². The van der Waals surface area contributed by atoms with Crippen LogP contribution in [0.1, 0.15) is 44.2 Å². The highest BCUT2D eigenvalue weighted by Gasteiger charge is 2.32. The van der Waals surface area contributed by atoms with Gasteiger partial charge in [-0.25, -0.2) is 8.42 Å². The van der Waals surface area contributed by atoms with Crippen molar-refractivity contribution in [3.05, 3.63) is 63.6 Å². The van der Waals surface area contributed by atoms with Gasteiger partial charge >= 0.3 is 6.18 Å². The molecule has 0 unspecified atom stereocenters. The second-order valence-electron chi connectivity index (χ2n) is 8.72. The van der Waals surface area contributed by atoms with Crippen LogP contribution in [0.4, 0.5) is 18.9 Å². The Balaban J connectivity index is 2.22. The number of alkyl halides is 3. The molecule has 0 aliphatic rings. The molecule has 0 spiro atoms. The molecule has 0 saturated heterocycles. The number of carbonyl (C=O) groups excluding carboxylic acids is 2. The summed E-state index contributed by atoms with van der Waals surface area (Å²) >= 11 is 12.1. The minimum absolute atomic E-state index is 0.00330. The number of rotatable bonds is 12. The van der Waals surface area contributed by atoms with Crippen LogP contribution in [0.2, 0.25) is 10.0 Å². The summed E-state index contributed by atoms with van der Waals surface area (Å²) in [6, 6.07) is 7.95. The number of nitrogens with one attached hydrogen (secondary N) is 1. The van der Waals surface area contributed by atoms with Gasteiger partial charge in [-0.15, -0.1) is 0 Å². The van der Waals surface area contributed by atoms with Crippen molar-refractivity contribution in [1.82, 2.24) is 10.2 Å². The van der Waals surface area contributed by atoms with E-state index in [1.165, 1.54) is 11.0 Å². The lowest BCUT2D eigenvalue weighted by atomic mass is 10.1. The van der Waals surface area contributed by atoms with E-state index in [0.29, 0.717) is 23.6 Å². The van der Waals surface area contributed by atoms with Crippen molar-refractivity contribution in [2.24, 2.45) is 0 Å². The molecule has 38 heavy (non-hydrogen) atoms. The van der Waals surface area contributed by atoms with Gasteiger partial charge in [0.1, 0.15) is 6.04 Å². The van der Waals surface area contributed by atoms with Crippen molar-refractivity contribution >= 4 is 50.7 Å². The van der Waals surface area contributed by atoms with Crippen molar-refractivity contribution in [2.45, 2.75) is 51.9 Å². The molecule has 0 fully saturated rings. The second-order valence-corrected chi connectivity index (χ2v) is 11.4. The number of halogens is 5. The summed E-state index contributed by atoms with van der Waals surface area (Å²) in [5.74, 6) is -0.797. The number of anilines is 1. The van der Waals surface area contributed by atoms with E-state index in [-0.39, 0.29) is 42.5 Å². The Morgan fingerprint density at radius 3 is 2.34 bits per heavy atom. The maximum atomic E-state index is 13.2. The molecule has 1 N–H and O–H groups in total. The van der Waals surface area contributed by atoms with Crippen LogP contribution >= 0.6 is 23.2 Å². The molecule has 0 heterocycles. The zero-order valence-electron chi connectivity index (χ0n) is 21.2. The summed E-state index contributed by atoms with van der Waals surface area (Å²) in [5.41, 5.74) is -0.515. The molecular formula is C25H30Cl2F3N3O4S. The Morgan fingerprint density at radius 1 is 1.08 bits per heavy atom. The average molecular weight is 596 g/mol. The van der Waals surface area contributed by atoms with Crippen molar-refractivity contribution in [1.29, 1.82) is 0 Å². The minimum atomic E-state index is -4.64. The zero-order chi connectivity index (χ0) is 28.7. The Morgan fingerprint density at radius 2 is 1.76 bits per heavy atom. The molecule has 1 atom stereocenters. The van der Waals surface area contributed by atoms with Crippen LogP contribution in [0.15, 0.2) is 42.5 Å². The molecule has 0 bridgehead atoms. The maximum Gasteiger partial charge on any atom is 0.416 e. The summed E-state index contributed by atoms with van der Waals surface area (Å²) in [6.45, 7) is 3.70. The Labute approximate surface area is 230 Å². The summed E-state index contributed by atoms with van der Waals surface area (Å²) in [6.07, 6.45) is -3.21. The Hall–Kier alpha value is -2.50. The fraction of sp³-hybridized carbons (Fsp3) is 0.440. The molecule has 13 heteroatoms. The molecule has 0 saturated carbocycles. The summed E-state index contributed by atoms with van der Waals surface area (Å²) in [5, 5.41) is 3.36. The number of carbonyl (C=O) groups is 2. The van der Waals surface area contributed by atoms with Gasteiger partial charge in [0.2, 0.25) is 21.8 Å². The van der Waals surface area contributed by atoms with E-state index in [9.17, 15) is 31.2 Å². The van der Waals surface area contributed by atoms with Crippen LogP contribution in [0.3, 0.4) is 0 Å². The number of hydrogen-bond donors (Lipinski definition) is 1. The molecule has 2 aromatic carbocycles. The molecule has 0 aliphatic carbocycles. The van der Waals surface area contributed by atoms with Crippen LogP contribution in [-0.2, 0) is 32.3 Å². The van der Waals surface area contributed by atoms with E-state index < -0.39 is 33.7 Å². The lowest BCUT2D eigenvalue weighted by Crippen LogP contribution is -2.47. The highest BCUT2D eigenvalue weighted by Crippen LogP contribution is 2.32. The maximum absolute atomic E-state index is 13.2. The van der Waals surface area contributed by atoms with Crippen LogP contribution in [0.5, 0.6) is 0 Å². The predicted molar refractivity (Wildman–Crippen MR) is 143 cm³/mol. The first-order valence-corrected chi connectivity index (χ1v) is 14.4. The van der Waals surface area contributed by atoms with E-state index >= 15 is 0 Å². The molecule has 0 radical (unpaired) electrons. The smallest absolute Gasteiger partial charge is 0.354 e. The molecule has 2 rings (SSSR count). The lowest BCUT2D eigenvalue weighted by Gasteiger charge is -2.29. The highest BCUT2D eigenvalue weighted by molar-refractivity contribution is 7.92. The van der Waals surface area contributed by atoms with Gasteiger partial charge in [0.25, 0.3) is 0 Å². The molecule has 0 aromatic heterocycles. The first-order valence-electron chi connectivity index (χ1n) is 11.8. The molecule has 2 amide bonds. The van der Waals surface area contributed by atoms with Crippen LogP contribution in [-0.4, -0.2) is 50.5 Å². The zero-order valence-corrected chi connectivity index (χ0v) is 23.5. The Bertz CT molecular complexity index is 1240. The predicted octanol–water partition coefficient (Wildman–Crippen LogP) is 5.50. The van der Waals surface area contributed by atoms with Crippen molar-refractivity contribution in [2.75, 3.05) is 23.7 Å². The topological polar surface area (TPSA) is 86.8 Å². The van der Waals surface area contributed by atoms with Gasteiger partial charge in [0.05, 0.1) is 27.6 Å². The van der Waals surface area contributed by atoms with Gasteiger partial charge in [-0.05, 0) is 55.7 Å². The van der Waals surface area contributed by atoms with Gasteiger partial charge < -0.3 is 10.2 Å². The second kappa shape index (κ2) is 13.5. The first-order chi connectivity index (χ1) is 17.6. The molecule has 7 nitrogen and oxygen atoms in total. The summed E-state index contributed by atoms with van der Waals surface area (Å²) in [7, 11) is -3.95. The monoisotopic (exact) mass is 595 g/mol. The normalized spacial score (nSPS) is 12.6. The van der Waals surface area contributed by atoms with Crippen molar-refractivity contribution in [3.63, 3.8) is 0 Å². The largest absolute Gasteiger partial charge is 0.416 e. The van der Waals surface area contributed by atoms with Gasteiger partial charge in [-0.3, -0.25) is 13.9 Å². The first kappa shape index (κ1) is 31.7. The number of amides is 2. The highest BCUT2D eigenvalue weighted by atomic mass is 35.5. The van der Waals surface area contributed by atoms with E-state index in [1.54, 1.807) is 25.1 Å². The molecular weight excluding hydrogens is 566 g/mol. The Kier molecular flexibility index (Phi) is 11.3. The van der Waals surface area contributed by atoms with E-state index in [2.05, 4.69) is 5.32 Å². The standard InChI is InChI=1S/C25H30Cl2F3N3O4S/c1-4-12-31-24(35)17(2)32(16-18-10-11-21(26)22(27)14-18)23(34)9-6-13-33(38(3,36)37)20-8-5-7-19(15-20)25(28,29)30/h5,7-8,10-11,14-15,17H,4,6,9,12-13,16H2,1-3H3,(H,31,35)/t17-/m1/s1. The molecule has 2 aromatic rings. The number of hydrogen-bond acceptors (Lipinski definition) is 4. The van der Waals surface area contributed by atoms with Crippen molar-refractivity contribution < 1.29 is 31.2 Å². The summed E-state index contributed by atoms with van der Waals surface area (Å²) in [4.78, 5) is 27.2. The fourth-order valence-electron chi connectivity index (χ4n) is 3.65. The van der Waals surface area contributed by atoms with Gasteiger partial charge in [-0.2, -0.15) is 13.2 Å². The number of benzene rings is 2. The fourth-order valence-corrected chi connectivity index (χ4v) is 4.93. The van der Waals surface area contributed by atoms with Crippen LogP contribution in [0, 0.1) is 0 Å². The number of sulfonamides is 1. The van der Waals surface area contributed by atoms with E-state index in [0.717, 1.165) is 28.8 Å². The third-order valence-electron chi connectivity index (χ3n) is 5.67. The molecule has 0 aliphatic heterocycles. The third-order valence-corrected chi connectivity index (χ3v) is 7.60. The van der Waals surface area contributed by atoms with Crippen molar-refractivity contribution in [3.8, 4) is 0 Å². The lowest BCUT2D eigenvalue weighted by molar-refractivity contribution is -0.140. The van der Waals surface area contributed by atoms with Gasteiger partial charge in [0, 0.05) is 26.1 Å². The van der Waals surface area contributed by atoms with E-state index in [4.69, 9.17) is 23.2 Å². The SMILES string of the molecule is CCCNC(=O)[C@@H](C)N(Cc1ccc(Cl)c(Cl)c1)C(=O)CCCN(c1cccc(C(F)(F)F)c1)S(C)(=O)=O. The van der Waals surface area contributed by atoms with Crippen LogP contribution in [0.25, 0.3) is 0 Å². The number of nitrogens with zero attached hydrogens (tertiary/aromatic N) is 2. The summed E-state index contributed by atoms with van der Waals surface area (Å²) < 4.78 is 65.0. The minimum Gasteiger partial charge on any atom is -0.354 e. The van der Waals surface area contributed by atoms with E-state index in [1.807, 2.05) is 6.92 Å². The average Bonchev–Trinajstić information content (AvgIpc) is 2.84. The molecule has 210 valence electrons. The third kappa shape index (κ3) is 9.06. The quantitative estimate of drug-likeness (QED) is 0.351. The van der Waals surface area contributed by atoms with Gasteiger partial charge in [-0.1, -0.05) is 42.3 Å². The van der Waals surface area contributed by atoms with Gasteiger partial charge in [0.15, 0.2) is 0 Å².